The van der Waals surface area contributed by atoms with Crippen LogP contribution in [0.4, 0.5) is 8.78 Å². The third-order valence-corrected chi connectivity index (χ3v) is 2.18. The average Bonchev–Trinajstić information content (AvgIpc) is 2.24. The van der Waals surface area contributed by atoms with E-state index in [-0.39, 0.29) is 17.9 Å². The summed E-state index contributed by atoms with van der Waals surface area (Å²) in [5.74, 6) is -2.76. The first-order valence-corrected chi connectivity index (χ1v) is 4.80. The van der Waals surface area contributed by atoms with E-state index < -0.39 is 5.92 Å². The van der Waals surface area contributed by atoms with E-state index in [0.29, 0.717) is 5.56 Å². The Morgan fingerprint density at radius 1 is 1.31 bits per heavy atom. The van der Waals surface area contributed by atoms with Crippen LogP contribution in [0.1, 0.15) is 18.1 Å². The number of hydroxylamine groups is 1. The minimum Gasteiger partial charge on any atom is -0.496 e. The molecule has 1 rings (SSSR count). The lowest BCUT2D eigenvalue weighted by atomic mass is 10.0. The molecule has 1 N–H and O–H groups in total. The van der Waals surface area contributed by atoms with Gasteiger partial charge in [-0.3, -0.25) is 0 Å². The largest absolute Gasteiger partial charge is 0.496 e. The monoisotopic (exact) mass is 231 g/mol. The molecule has 0 heterocycles. The number of hydrogen-bond acceptors (Lipinski definition) is 3. The Hall–Kier alpha value is -1.20. The maximum absolute atomic E-state index is 13.4. The predicted molar refractivity (Wildman–Crippen MR) is 56.4 cm³/mol. The molecule has 0 aliphatic carbocycles. The van der Waals surface area contributed by atoms with E-state index in [1.165, 1.54) is 20.3 Å². The van der Waals surface area contributed by atoms with Crippen LogP contribution in [0.15, 0.2) is 18.2 Å². The van der Waals surface area contributed by atoms with Crippen LogP contribution in [0.2, 0.25) is 0 Å². The minimum atomic E-state index is -2.95. The molecule has 0 spiro atoms. The summed E-state index contributed by atoms with van der Waals surface area (Å²) in [5, 5.41) is 0. The van der Waals surface area contributed by atoms with Crippen LogP contribution in [0.3, 0.4) is 0 Å². The number of hydrogen-bond donors (Lipinski definition) is 1. The lowest BCUT2D eigenvalue weighted by Gasteiger charge is -2.19. The van der Waals surface area contributed by atoms with E-state index in [9.17, 15) is 8.78 Å². The Balaban J connectivity index is 3.16. The van der Waals surface area contributed by atoms with Gasteiger partial charge in [0, 0.05) is 13.5 Å². The molecule has 0 radical (unpaired) electrons. The highest BCUT2D eigenvalue weighted by atomic mass is 19.3. The number of methoxy groups -OCH3 is 1. The summed E-state index contributed by atoms with van der Waals surface area (Å²) >= 11 is 0. The van der Waals surface area contributed by atoms with Crippen molar-refractivity contribution in [3.8, 4) is 5.75 Å². The molecule has 5 heteroatoms. The Bertz CT molecular complexity index is 350. The van der Waals surface area contributed by atoms with E-state index in [1.54, 1.807) is 12.1 Å². The van der Waals surface area contributed by atoms with Crippen molar-refractivity contribution in [3.05, 3.63) is 29.3 Å². The number of alkyl halides is 2. The first-order valence-electron chi connectivity index (χ1n) is 4.80. The molecular weight excluding hydrogens is 216 g/mol. The van der Waals surface area contributed by atoms with Gasteiger partial charge in [0.1, 0.15) is 5.75 Å². The van der Waals surface area contributed by atoms with Gasteiger partial charge in [0.05, 0.1) is 19.8 Å². The Morgan fingerprint density at radius 2 is 2.00 bits per heavy atom. The van der Waals surface area contributed by atoms with Crippen molar-refractivity contribution < 1.29 is 18.4 Å². The first kappa shape index (κ1) is 12.9. The summed E-state index contributed by atoms with van der Waals surface area (Å²) in [6.45, 7) is 1.05. The van der Waals surface area contributed by atoms with Crippen molar-refractivity contribution in [3.63, 3.8) is 0 Å². The highest BCUT2D eigenvalue weighted by molar-refractivity contribution is 5.43. The molecule has 0 aromatic heterocycles. The van der Waals surface area contributed by atoms with Gasteiger partial charge in [-0.25, -0.2) is 8.78 Å². The Morgan fingerprint density at radius 3 is 2.50 bits per heavy atom. The lowest BCUT2D eigenvalue weighted by Crippen LogP contribution is -2.18. The Kier molecular flexibility index (Phi) is 4.20. The van der Waals surface area contributed by atoms with Gasteiger partial charge in [-0.2, -0.15) is 5.48 Å². The third kappa shape index (κ3) is 2.90. The lowest BCUT2D eigenvalue weighted by molar-refractivity contribution is 0.0127. The quantitative estimate of drug-likeness (QED) is 0.789. The maximum Gasteiger partial charge on any atom is 0.274 e. The van der Waals surface area contributed by atoms with E-state index in [0.717, 1.165) is 6.92 Å². The van der Waals surface area contributed by atoms with Gasteiger partial charge < -0.3 is 9.57 Å². The van der Waals surface area contributed by atoms with E-state index in [4.69, 9.17) is 4.74 Å². The summed E-state index contributed by atoms with van der Waals surface area (Å²) in [6, 6.07) is 4.80. The van der Waals surface area contributed by atoms with Crippen molar-refractivity contribution in [2.75, 3.05) is 14.2 Å². The fraction of sp³-hybridized carbons (Fsp3) is 0.455. The van der Waals surface area contributed by atoms with Gasteiger partial charge in [-0.15, -0.1) is 0 Å². The van der Waals surface area contributed by atoms with Gasteiger partial charge in [0.15, 0.2) is 0 Å². The maximum atomic E-state index is 13.4. The molecule has 3 nitrogen and oxygen atoms in total. The molecule has 0 aliphatic rings. The van der Waals surface area contributed by atoms with Crippen molar-refractivity contribution >= 4 is 0 Å². The normalized spacial score (nSPS) is 11.6. The number of nitrogens with one attached hydrogen (secondary N) is 1. The van der Waals surface area contributed by atoms with Gasteiger partial charge >= 0.3 is 0 Å². The number of rotatable bonds is 5. The van der Waals surface area contributed by atoms with Crippen LogP contribution in [0, 0.1) is 0 Å². The second kappa shape index (κ2) is 5.23. The van der Waals surface area contributed by atoms with Crippen molar-refractivity contribution in [2.45, 2.75) is 19.4 Å². The zero-order chi connectivity index (χ0) is 12.2. The number of ether oxygens (including phenoxy) is 1. The summed E-state index contributed by atoms with van der Waals surface area (Å²) in [7, 11) is 2.81. The molecule has 0 atom stereocenters. The van der Waals surface area contributed by atoms with E-state index in [2.05, 4.69) is 10.3 Å². The van der Waals surface area contributed by atoms with Crippen molar-refractivity contribution in [2.24, 2.45) is 0 Å². The van der Waals surface area contributed by atoms with Crippen LogP contribution in [-0.2, 0) is 17.3 Å². The summed E-state index contributed by atoms with van der Waals surface area (Å²) in [4.78, 5) is 4.65. The Labute approximate surface area is 93.3 Å². The van der Waals surface area contributed by atoms with Gasteiger partial charge in [0.2, 0.25) is 0 Å². The predicted octanol–water partition coefficient (Wildman–Crippen LogP) is 2.46. The summed E-state index contributed by atoms with van der Waals surface area (Å²) in [5.41, 5.74) is 2.88. The highest BCUT2D eigenvalue weighted by Gasteiger charge is 2.31. The summed E-state index contributed by atoms with van der Waals surface area (Å²) in [6.07, 6.45) is 0. The van der Waals surface area contributed by atoms with Crippen LogP contribution in [0.5, 0.6) is 5.75 Å². The molecule has 0 unspecified atom stereocenters. The average molecular weight is 231 g/mol. The molecule has 0 bridgehead atoms. The van der Waals surface area contributed by atoms with E-state index in [1.807, 2.05) is 0 Å². The molecule has 0 saturated heterocycles. The fourth-order valence-corrected chi connectivity index (χ4v) is 1.54. The van der Waals surface area contributed by atoms with Crippen LogP contribution in [0.25, 0.3) is 0 Å². The number of halogens is 2. The van der Waals surface area contributed by atoms with Gasteiger partial charge in [-0.05, 0) is 11.6 Å². The van der Waals surface area contributed by atoms with Gasteiger partial charge in [-0.1, -0.05) is 12.1 Å². The SMILES string of the molecule is CONCc1cccc(OC)c1C(C)(F)F. The zero-order valence-corrected chi connectivity index (χ0v) is 9.51. The first-order chi connectivity index (χ1) is 7.50. The molecule has 0 fully saturated rings. The summed E-state index contributed by atoms with van der Waals surface area (Å²) < 4.78 is 31.8. The third-order valence-electron chi connectivity index (χ3n) is 2.18. The molecule has 16 heavy (non-hydrogen) atoms. The molecular formula is C11H15F2NO2. The van der Waals surface area contributed by atoms with Crippen LogP contribution < -0.4 is 10.2 Å². The standard InChI is InChI=1S/C11H15F2NO2/c1-11(12,13)10-8(7-14-16-3)5-4-6-9(10)15-2/h4-6,14H,7H2,1-3H3. The molecule has 0 amide bonds. The minimum absolute atomic E-state index is 0.109. The van der Waals surface area contributed by atoms with Gasteiger partial charge in [0.25, 0.3) is 5.92 Å². The molecule has 0 aliphatic heterocycles. The van der Waals surface area contributed by atoms with Crippen LogP contribution >= 0.6 is 0 Å². The molecule has 0 saturated carbocycles. The topological polar surface area (TPSA) is 30.5 Å². The molecule has 90 valence electrons. The van der Waals surface area contributed by atoms with Crippen molar-refractivity contribution in [1.29, 1.82) is 0 Å². The highest BCUT2D eigenvalue weighted by Crippen LogP contribution is 2.36. The molecule has 1 aromatic carbocycles. The second-order valence-corrected chi connectivity index (χ2v) is 3.41. The molecule has 1 aromatic rings. The van der Waals surface area contributed by atoms with Crippen LogP contribution in [-0.4, -0.2) is 14.2 Å². The number of benzene rings is 1. The smallest absolute Gasteiger partial charge is 0.274 e. The second-order valence-electron chi connectivity index (χ2n) is 3.41. The van der Waals surface area contributed by atoms with E-state index >= 15 is 0 Å². The fourth-order valence-electron chi connectivity index (χ4n) is 1.54. The van der Waals surface area contributed by atoms with Crippen molar-refractivity contribution in [1.82, 2.24) is 5.48 Å². The zero-order valence-electron chi connectivity index (χ0n) is 9.51.